The van der Waals surface area contributed by atoms with Gasteiger partial charge in [0.25, 0.3) is 0 Å². The molecule has 2 amide bonds. The Labute approximate surface area is 123 Å². The number of carboxylic acid groups (broad SMARTS) is 1. The Balaban J connectivity index is 2.09. The van der Waals surface area contributed by atoms with Crippen molar-refractivity contribution < 1.29 is 27.9 Å². The Kier molecular flexibility index (Phi) is 4.72. The van der Waals surface area contributed by atoms with Crippen LogP contribution in [0.2, 0.25) is 0 Å². The maximum Gasteiger partial charge on any atom is 0.323 e. The lowest BCUT2D eigenvalue weighted by Gasteiger charge is -2.31. The standard InChI is InChI=1S/C12H20N2O6S/c1-20-10-2-4-13(6-10)12(17)14(7-11(15)16)9-3-5-21(18,19)8-9/h9-10H,2-8H2,1H3,(H,15,16). The second-order valence-corrected chi connectivity index (χ2v) is 7.68. The van der Waals surface area contributed by atoms with Crippen molar-refractivity contribution in [3.05, 3.63) is 0 Å². The van der Waals surface area contributed by atoms with Crippen molar-refractivity contribution in [1.82, 2.24) is 9.80 Å². The molecule has 2 fully saturated rings. The number of nitrogens with zero attached hydrogens (tertiary/aromatic N) is 2. The van der Waals surface area contributed by atoms with Gasteiger partial charge in [0.1, 0.15) is 6.54 Å². The smallest absolute Gasteiger partial charge is 0.323 e. The van der Waals surface area contributed by atoms with Crippen LogP contribution in [0.15, 0.2) is 0 Å². The summed E-state index contributed by atoms with van der Waals surface area (Å²) in [5, 5.41) is 8.98. The van der Waals surface area contributed by atoms with Crippen molar-refractivity contribution in [2.75, 3.05) is 38.2 Å². The molecule has 0 bridgehead atoms. The highest BCUT2D eigenvalue weighted by molar-refractivity contribution is 7.91. The topological polar surface area (TPSA) is 104 Å². The molecule has 0 saturated carbocycles. The van der Waals surface area contributed by atoms with Gasteiger partial charge in [0.15, 0.2) is 9.84 Å². The van der Waals surface area contributed by atoms with E-state index >= 15 is 0 Å². The number of carbonyl (C=O) groups is 2. The van der Waals surface area contributed by atoms with Crippen molar-refractivity contribution in [3.8, 4) is 0 Å². The number of sulfone groups is 1. The van der Waals surface area contributed by atoms with E-state index in [1.807, 2.05) is 0 Å². The number of amides is 2. The van der Waals surface area contributed by atoms with E-state index in [-0.39, 0.29) is 17.6 Å². The lowest BCUT2D eigenvalue weighted by molar-refractivity contribution is -0.138. The van der Waals surface area contributed by atoms with Gasteiger partial charge in [-0.3, -0.25) is 4.79 Å². The average molecular weight is 320 g/mol. The molecule has 2 aliphatic rings. The molecule has 21 heavy (non-hydrogen) atoms. The minimum Gasteiger partial charge on any atom is -0.480 e. The Morgan fingerprint density at radius 2 is 2.10 bits per heavy atom. The minimum atomic E-state index is -3.18. The summed E-state index contributed by atoms with van der Waals surface area (Å²) < 4.78 is 28.3. The van der Waals surface area contributed by atoms with Gasteiger partial charge in [0.05, 0.1) is 17.6 Å². The van der Waals surface area contributed by atoms with Gasteiger partial charge in [0, 0.05) is 26.2 Å². The van der Waals surface area contributed by atoms with E-state index in [9.17, 15) is 18.0 Å². The molecule has 0 aliphatic carbocycles. The molecule has 8 nitrogen and oxygen atoms in total. The molecule has 2 unspecified atom stereocenters. The summed E-state index contributed by atoms with van der Waals surface area (Å²) in [6.07, 6.45) is 0.947. The quantitative estimate of drug-likeness (QED) is 0.742. The first kappa shape index (κ1) is 16.0. The van der Waals surface area contributed by atoms with Crippen LogP contribution in [0.3, 0.4) is 0 Å². The molecule has 120 valence electrons. The zero-order valence-electron chi connectivity index (χ0n) is 11.9. The predicted molar refractivity (Wildman–Crippen MR) is 73.8 cm³/mol. The second-order valence-electron chi connectivity index (χ2n) is 5.45. The van der Waals surface area contributed by atoms with Gasteiger partial charge in [-0.1, -0.05) is 0 Å². The maximum absolute atomic E-state index is 12.5. The first-order chi connectivity index (χ1) is 9.82. The van der Waals surface area contributed by atoms with Crippen molar-refractivity contribution in [2.24, 2.45) is 0 Å². The van der Waals surface area contributed by atoms with E-state index < -0.39 is 34.4 Å². The van der Waals surface area contributed by atoms with Crippen LogP contribution in [0.25, 0.3) is 0 Å². The molecule has 2 aliphatic heterocycles. The molecule has 0 aromatic heterocycles. The fourth-order valence-electron chi connectivity index (χ4n) is 2.80. The molecule has 0 aromatic carbocycles. The number of carbonyl (C=O) groups excluding carboxylic acids is 1. The van der Waals surface area contributed by atoms with Crippen LogP contribution in [0.4, 0.5) is 4.79 Å². The van der Waals surface area contributed by atoms with Gasteiger partial charge in [-0.25, -0.2) is 13.2 Å². The number of hydrogen-bond acceptors (Lipinski definition) is 5. The Bertz CT molecular complexity index is 520. The van der Waals surface area contributed by atoms with Crippen LogP contribution < -0.4 is 0 Å². The summed E-state index contributed by atoms with van der Waals surface area (Å²) in [5.74, 6) is -1.30. The van der Waals surface area contributed by atoms with Crippen LogP contribution in [-0.2, 0) is 19.4 Å². The maximum atomic E-state index is 12.5. The van der Waals surface area contributed by atoms with Gasteiger partial charge in [-0.15, -0.1) is 0 Å². The van der Waals surface area contributed by atoms with Crippen LogP contribution in [0.5, 0.6) is 0 Å². The van der Waals surface area contributed by atoms with E-state index in [0.29, 0.717) is 25.9 Å². The lowest BCUT2D eigenvalue weighted by atomic mass is 10.2. The Morgan fingerprint density at radius 3 is 2.57 bits per heavy atom. The summed E-state index contributed by atoms with van der Waals surface area (Å²) in [7, 11) is -1.61. The van der Waals surface area contributed by atoms with E-state index in [1.165, 1.54) is 9.80 Å². The summed E-state index contributed by atoms with van der Waals surface area (Å²) >= 11 is 0. The number of likely N-dealkylation sites (tertiary alicyclic amines) is 1. The number of hydrogen-bond donors (Lipinski definition) is 1. The van der Waals surface area contributed by atoms with Crippen LogP contribution in [-0.4, -0.2) is 85.7 Å². The molecule has 2 saturated heterocycles. The Morgan fingerprint density at radius 1 is 1.38 bits per heavy atom. The van der Waals surface area contributed by atoms with Crippen LogP contribution >= 0.6 is 0 Å². The first-order valence-corrected chi connectivity index (χ1v) is 8.65. The highest BCUT2D eigenvalue weighted by Crippen LogP contribution is 2.21. The van der Waals surface area contributed by atoms with Crippen molar-refractivity contribution in [2.45, 2.75) is 25.0 Å². The lowest BCUT2D eigenvalue weighted by Crippen LogP contribution is -2.50. The fraction of sp³-hybridized carbons (Fsp3) is 0.833. The van der Waals surface area contributed by atoms with E-state index in [2.05, 4.69) is 0 Å². The van der Waals surface area contributed by atoms with Crippen LogP contribution in [0.1, 0.15) is 12.8 Å². The number of methoxy groups -OCH3 is 1. The predicted octanol–water partition coefficient (Wildman–Crippen LogP) is -0.599. The zero-order chi connectivity index (χ0) is 15.6. The molecule has 1 N–H and O–H groups in total. The van der Waals surface area contributed by atoms with E-state index in [1.54, 1.807) is 7.11 Å². The number of carboxylic acids is 1. The van der Waals surface area contributed by atoms with Crippen molar-refractivity contribution in [1.29, 1.82) is 0 Å². The molecule has 9 heteroatoms. The van der Waals surface area contributed by atoms with Crippen molar-refractivity contribution >= 4 is 21.8 Å². The summed E-state index contributed by atoms with van der Waals surface area (Å²) in [6, 6.07) is -0.973. The molecule has 0 spiro atoms. The molecule has 0 aromatic rings. The summed E-state index contributed by atoms with van der Waals surface area (Å²) in [5.41, 5.74) is 0. The first-order valence-electron chi connectivity index (χ1n) is 6.83. The Hall–Kier alpha value is -1.35. The van der Waals surface area contributed by atoms with Crippen LogP contribution in [0, 0.1) is 0 Å². The highest BCUT2D eigenvalue weighted by atomic mass is 32.2. The number of ether oxygens (including phenoxy) is 1. The average Bonchev–Trinajstić information content (AvgIpc) is 3.01. The van der Waals surface area contributed by atoms with Crippen molar-refractivity contribution in [3.63, 3.8) is 0 Å². The molecule has 2 heterocycles. The third kappa shape index (κ3) is 3.85. The molecule has 2 rings (SSSR count). The minimum absolute atomic E-state index is 0.00175. The van der Waals surface area contributed by atoms with Gasteiger partial charge in [-0.05, 0) is 12.8 Å². The second kappa shape index (κ2) is 6.18. The normalized spacial score (nSPS) is 27.8. The van der Waals surface area contributed by atoms with Gasteiger partial charge in [-0.2, -0.15) is 0 Å². The van der Waals surface area contributed by atoms with E-state index in [4.69, 9.17) is 9.84 Å². The number of aliphatic carboxylic acids is 1. The molecule has 0 radical (unpaired) electrons. The number of rotatable bonds is 4. The fourth-order valence-corrected chi connectivity index (χ4v) is 4.53. The third-order valence-corrected chi connectivity index (χ3v) is 5.70. The largest absolute Gasteiger partial charge is 0.480 e. The zero-order valence-corrected chi connectivity index (χ0v) is 12.7. The third-order valence-electron chi connectivity index (χ3n) is 3.95. The monoisotopic (exact) mass is 320 g/mol. The number of urea groups is 1. The van der Waals surface area contributed by atoms with Gasteiger partial charge in [0.2, 0.25) is 0 Å². The van der Waals surface area contributed by atoms with E-state index in [0.717, 1.165) is 0 Å². The summed E-state index contributed by atoms with van der Waals surface area (Å²) in [6.45, 7) is 0.422. The highest BCUT2D eigenvalue weighted by Gasteiger charge is 2.38. The molecular formula is C12H20N2O6S. The summed E-state index contributed by atoms with van der Waals surface area (Å²) in [4.78, 5) is 26.2. The molecule has 2 atom stereocenters. The SMILES string of the molecule is COC1CCN(C(=O)N(CC(=O)O)C2CCS(=O)(=O)C2)C1. The van der Waals surface area contributed by atoms with Gasteiger partial charge < -0.3 is 19.6 Å². The molecular weight excluding hydrogens is 300 g/mol. The van der Waals surface area contributed by atoms with Gasteiger partial charge >= 0.3 is 12.0 Å².